The molecule has 0 radical (unpaired) electrons. The van der Waals surface area contributed by atoms with Crippen LogP contribution < -0.4 is 5.32 Å². The molecule has 1 aliphatic heterocycles. The first-order valence-corrected chi connectivity index (χ1v) is 6.01. The number of nitrogens with zero attached hydrogens (tertiary/aromatic N) is 1. The monoisotopic (exact) mass is 234 g/mol. The molecule has 1 amide bonds. The Morgan fingerprint density at radius 2 is 2.24 bits per heavy atom. The van der Waals surface area contributed by atoms with E-state index in [1.807, 2.05) is 37.3 Å². The minimum absolute atomic E-state index is 0.0294. The van der Waals surface area contributed by atoms with Crippen molar-refractivity contribution in [3.8, 4) is 0 Å². The van der Waals surface area contributed by atoms with Gasteiger partial charge in [0, 0.05) is 25.2 Å². The Hall–Kier alpha value is -1.39. The van der Waals surface area contributed by atoms with E-state index in [9.17, 15) is 4.79 Å². The minimum Gasteiger partial charge on any atom is -0.356 e. The second-order valence-corrected chi connectivity index (χ2v) is 3.99. The van der Waals surface area contributed by atoms with Crippen LogP contribution in [0.5, 0.6) is 0 Å². The van der Waals surface area contributed by atoms with E-state index >= 15 is 0 Å². The van der Waals surface area contributed by atoms with Crippen molar-refractivity contribution in [1.29, 1.82) is 0 Å². The summed E-state index contributed by atoms with van der Waals surface area (Å²) in [5, 5.41) is 3.24. The van der Waals surface area contributed by atoms with Crippen molar-refractivity contribution < 1.29 is 9.53 Å². The summed E-state index contributed by atoms with van der Waals surface area (Å²) < 4.78 is 5.62. The number of benzene rings is 1. The van der Waals surface area contributed by atoms with Crippen molar-refractivity contribution in [3.05, 3.63) is 35.9 Å². The zero-order chi connectivity index (χ0) is 12.1. The number of carbonyl (C=O) groups excluding carboxylic acids is 1. The number of ether oxygens (including phenoxy) is 1. The number of hydrogen-bond donors (Lipinski definition) is 1. The van der Waals surface area contributed by atoms with Gasteiger partial charge in [-0.25, -0.2) is 0 Å². The Labute approximate surface area is 102 Å². The number of likely N-dealkylation sites (N-methyl/N-ethyl adjacent to an activating group) is 1. The molecule has 0 aromatic heterocycles. The van der Waals surface area contributed by atoms with Gasteiger partial charge in [-0.1, -0.05) is 18.2 Å². The van der Waals surface area contributed by atoms with Crippen molar-refractivity contribution in [1.82, 2.24) is 10.2 Å². The van der Waals surface area contributed by atoms with Crippen molar-refractivity contribution in [2.75, 3.05) is 26.2 Å². The molecule has 1 heterocycles. The zero-order valence-electron chi connectivity index (χ0n) is 10.1. The van der Waals surface area contributed by atoms with Crippen LogP contribution in [0.3, 0.4) is 0 Å². The highest BCUT2D eigenvalue weighted by Gasteiger charge is 2.25. The molecule has 0 spiro atoms. The first-order chi connectivity index (χ1) is 8.33. The lowest BCUT2D eigenvalue weighted by molar-refractivity contribution is -0.0587. The quantitative estimate of drug-likeness (QED) is 0.851. The first kappa shape index (κ1) is 12.1. The van der Waals surface area contributed by atoms with Crippen LogP contribution in [0.25, 0.3) is 0 Å². The predicted octanol–water partition coefficient (Wildman–Crippen LogP) is 1.09. The third-order valence-electron chi connectivity index (χ3n) is 2.88. The second-order valence-electron chi connectivity index (χ2n) is 3.99. The van der Waals surface area contributed by atoms with Crippen LogP contribution in [0.4, 0.5) is 0 Å². The molecule has 0 saturated carbocycles. The Morgan fingerprint density at radius 3 is 2.82 bits per heavy atom. The SMILES string of the molecule is CCN(C(=O)c1ccccc1)C1CNCCO1. The third kappa shape index (κ3) is 2.84. The van der Waals surface area contributed by atoms with E-state index < -0.39 is 0 Å². The molecule has 0 aliphatic carbocycles. The summed E-state index contributed by atoms with van der Waals surface area (Å²) in [5.74, 6) is 0.0294. The fourth-order valence-electron chi connectivity index (χ4n) is 1.98. The first-order valence-electron chi connectivity index (χ1n) is 6.01. The molecule has 1 atom stereocenters. The lowest BCUT2D eigenvalue weighted by Gasteiger charge is -2.33. The maximum Gasteiger partial charge on any atom is 0.255 e. The molecule has 0 bridgehead atoms. The Balaban J connectivity index is 2.09. The number of rotatable bonds is 3. The van der Waals surface area contributed by atoms with Crippen LogP contribution in [-0.2, 0) is 4.74 Å². The molecule has 1 fully saturated rings. The highest BCUT2D eigenvalue weighted by atomic mass is 16.5. The molecule has 1 saturated heterocycles. The van der Waals surface area contributed by atoms with Crippen molar-refractivity contribution in [2.24, 2.45) is 0 Å². The molecule has 1 aliphatic rings. The lowest BCUT2D eigenvalue weighted by atomic mass is 10.2. The van der Waals surface area contributed by atoms with Gasteiger partial charge in [0.15, 0.2) is 0 Å². The maximum absolute atomic E-state index is 12.3. The molecule has 92 valence electrons. The summed E-state index contributed by atoms with van der Waals surface area (Å²) in [6, 6.07) is 9.33. The smallest absolute Gasteiger partial charge is 0.255 e. The summed E-state index contributed by atoms with van der Waals surface area (Å²) in [7, 11) is 0. The van der Waals surface area contributed by atoms with Crippen LogP contribution in [-0.4, -0.2) is 43.3 Å². The Morgan fingerprint density at radius 1 is 1.47 bits per heavy atom. The van der Waals surface area contributed by atoms with Gasteiger partial charge in [-0.3, -0.25) is 4.79 Å². The van der Waals surface area contributed by atoms with Gasteiger partial charge in [-0.15, -0.1) is 0 Å². The minimum atomic E-state index is -0.151. The molecule has 1 aromatic rings. The maximum atomic E-state index is 12.3. The van der Waals surface area contributed by atoms with Crippen LogP contribution in [0.2, 0.25) is 0 Å². The van der Waals surface area contributed by atoms with Crippen LogP contribution in [0.1, 0.15) is 17.3 Å². The zero-order valence-corrected chi connectivity index (χ0v) is 10.1. The van der Waals surface area contributed by atoms with Gasteiger partial charge in [-0.2, -0.15) is 0 Å². The highest BCUT2D eigenvalue weighted by molar-refractivity contribution is 5.94. The average molecular weight is 234 g/mol. The van der Waals surface area contributed by atoms with E-state index in [-0.39, 0.29) is 12.1 Å². The normalized spacial score (nSPS) is 19.9. The summed E-state index contributed by atoms with van der Waals surface area (Å²) in [5.41, 5.74) is 0.712. The van der Waals surface area contributed by atoms with E-state index in [1.54, 1.807) is 4.90 Å². The van der Waals surface area contributed by atoms with Crippen LogP contribution in [0.15, 0.2) is 30.3 Å². The standard InChI is InChI=1S/C13H18N2O2/c1-2-15(12-10-14-8-9-17-12)13(16)11-6-4-3-5-7-11/h3-7,12,14H,2,8-10H2,1H3. The number of carbonyl (C=O) groups is 1. The number of morpholine rings is 1. The van der Waals surface area contributed by atoms with Gasteiger partial charge >= 0.3 is 0 Å². The van der Waals surface area contributed by atoms with Gasteiger partial charge < -0.3 is 15.0 Å². The summed E-state index contributed by atoms with van der Waals surface area (Å²) in [4.78, 5) is 14.1. The third-order valence-corrected chi connectivity index (χ3v) is 2.88. The van der Waals surface area contributed by atoms with E-state index in [0.29, 0.717) is 25.3 Å². The fraction of sp³-hybridized carbons (Fsp3) is 0.462. The second kappa shape index (κ2) is 5.80. The van der Waals surface area contributed by atoms with Gasteiger partial charge in [0.2, 0.25) is 0 Å². The molecule has 17 heavy (non-hydrogen) atoms. The Kier molecular flexibility index (Phi) is 4.12. The summed E-state index contributed by atoms with van der Waals surface area (Å²) in [6.07, 6.45) is -0.151. The molecule has 4 heteroatoms. The van der Waals surface area contributed by atoms with Crippen molar-refractivity contribution in [3.63, 3.8) is 0 Å². The van der Waals surface area contributed by atoms with E-state index in [0.717, 1.165) is 6.54 Å². The molecular formula is C13H18N2O2. The molecular weight excluding hydrogens is 216 g/mol. The van der Waals surface area contributed by atoms with Crippen LogP contribution >= 0.6 is 0 Å². The molecule has 1 unspecified atom stereocenters. The molecule has 1 aromatic carbocycles. The predicted molar refractivity (Wildman–Crippen MR) is 65.8 cm³/mol. The van der Waals surface area contributed by atoms with E-state index in [2.05, 4.69) is 5.32 Å². The Bertz CT molecular complexity index is 361. The van der Waals surface area contributed by atoms with Gasteiger partial charge in [0.1, 0.15) is 6.23 Å². The fourth-order valence-corrected chi connectivity index (χ4v) is 1.98. The topological polar surface area (TPSA) is 41.6 Å². The van der Waals surface area contributed by atoms with Gasteiger partial charge in [0.05, 0.1) is 6.61 Å². The van der Waals surface area contributed by atoms with E-state index in [4.69, 9.17) is 4.74 Å². The number of nitrogens with one attached hydrogen (secondary N) is 1. The van der Waals surface area contributed by atoms with Gasteiger partial charge in [-0.05, 0) is 19.1 Å². The van der Waals surface area contributed by atoms with Crippen LogP contribution in [0, 0.1) is 0 Å². The van der Waals surface area contributed by atoms with Crippen molar-refractivity contribution in [2.45, 2.75) is 13.2 Å². The molecule has 4 nitrogen and oxygen atoms in total. The van der Waals surface area contributed by atoms with Gasteiger partial charge in [0.25, 0.3) is 5.91 Å². The molecule has 2 rings (SSSR count). The number of hydrogen-bond acceptors (Lipinski definition) is 3. The summed E-state index contributed by atoms with van der Waals surface area (Å²) in [6.45, 7) is 4.84. The number of amides is 1. The highest BCUT2D eigenvalue weighted by Crippen LogP contribution is 2.10. The van der Waals surface area contributed by atoms with Crippen molar-refractivity contribution >= 4 is 5.91 Å². The average Bonchev–Trinajstić information content (AvgIpc) is 2.42. The van der Waals surface area contributed by atoms with E-state index in [1.165, 1.54) is 0 Å². The molecule has 1 N–H and O–H groups in total. The lowest BCUT2D eigenvalue weighted by Crippen LogP contribution is -2.51. The summed E-state index contributed by atoms with van der Waals surface area (Å²) >= 11 is 0. The largest absolute Gasteiger partial charge is 0.356 e.